The summed E-state index contributed by atoms with van der Waals surface area (Å²) >= 11 is 0. The fraction of sp³-hybridized carbons (Fsp3) is 0.953. The van der Waals surface area contributed by atoms with Gasteiger partial charge in [0.15, 0.2) is 6.10 Å². The summed E-state index contributed by atoms with van der Waals surface area (Å²) in [7, 11) is 0. The third-order valence-corrected chi connectivity index (χ3v) is 15.0. The maximum atomic E-state index is 12.9. The van der Waals surface area contributed by atoms with E-state index in [0.29, 0.717) is 19.3 Å². The van der Waals surface area contributed by atoms with Gasteiger partial charge < -0.3 is 14.2 Å². The van der Waals surface area contributed by atoms with E-state index < -0.39 is 6.10 Å². The van der Waals surface area contributed by atoms with Crippen LogP contribution in [0.3, 0.4) is 0 Å². The Bertz CT molecular complexity index is 1090. The molecule has 0 amide bonds. The molecule has 0 N–H and O–H groups in total. The Labute approximate surface area is 438 Å². The van der Waals surface area contributed by atoms with E-state index >= 15 is 0 Å². The number of carbonyl (C=O) groups is 3. The SMILES string of the molecule is CCC(C)CCCCCCCCCCC(=O)OC[C@@H](COC(=O)CCCCCCCCCCCCCCCCCCCCC(C)C)OC(=O)CCCCCCCCCCCCCCCCCCC(C)C. The molecule has 0 bridgehead atoms. The van der Waals surface area contributed by atoms with Gasteiger partial charge in [0.25, 0.3) is 0 Å². The predicted octanol–water partition coefficient (Wildman–Crippen LogP) is 21.1. The molecule has 6 heteroatoms. The van der Waals surface area contributed by atoms with Gasteiger partial charge in [0.1, 0.15) is 13.2 Å². The smallest absolute Gasteiger partial charge is 0.306 e. The topological polar surface area (TPSA) is 78.9 Å². The van der Waals surface area contributed by atoms with Gasteiger partial charge in [-0.05, 0) is 37.0 Å². The highest BCUT2D eigenvalue weighted by atomic mass is 16.6. The van der Waals surface area contributed by atoms with Crippen LogP contribution in [0, 0.1) is 17.8 Å². The van der Waals surface area contributed by atoms with Crippen molar-refractivity contribution >= 4 is 17.9 Å². The number of ether oxygens (including phenoxy) is 3. The first-order valence-electron chi connectivity index (χ1n) is 31.6. The summed E-state index contributed by atoms with van der Waals surface area (Å²) in [6.07, 6.45) is 59.6. The molecule has 0 saturated heterocycles. The monoisotopic (exact) mass is 989 g/mol. The van der Waals surface area contributed by atoms with E-state index in [1.54, 1.807) is 0 Å². The van der Waals surface area contributed by atoms with Crippen LogP contribution in [-0.2, 0) is 28.6 Å². The zero-order valence-electron chi connectivity index (χ0n) is 48.3. The van der Waals surface area contributed by atoms with Crippen LogP contribution >= 0.6 is 0 Å². The van der Waals surface area contributed by atoms with E-state index in [4.69, 9.17) is 14.2 Å². The Morgan fingerprint density at radius 1 is 0.286 bits per heavy atom. The van der Waals surface area contributed by atoms with E-state index in [1.807, 2.05) is 0 Å². The molecule has 0 aliphatic heterocycles. The first-order valence-corrected chi connectivity index (χ1v) is 31.6. The first-order chi connectivity index (χ1) is 34.1. The van der Waals surface area contributed by atoms with E-state index in [9.17, 15) is 14.4 Å². The van der Waals surface area contributed by atoms with Gasteiger partial charge in [-0.1, -0.05) is 318 Å². The van der Waals surface area contributed by atoms with Crippen molar-refractivity contribution in [3.63, 3.8) is 0 Å². The lowest BCUT2D eigenvalue weighted by atomic mass is 9.99. The molecule has 70 heavy (non-hydrogen) atoms. The zero-order valence-corrected chi connectivity index (χ0v) is 48.3. The molecule has 0 rings (SSSR count). The minimum atomic E-state index is -0.764. The zero-order chi connectivity index (χ0) is 51.2. The van der Waals surface area contributed by atoms with Crippen LogP contribution in [0.25, 0.3) is 0 Å². The molecule has 0 aromatic rings. The van der Waals surface area contributed by atoms with Crippen molar-refractivity contribution in [2.45, 2.75) is 362 Å². The largest absolute Gasteiger partial charge is 0.462 e. The quantitative estimate of drug-likeness (QED) is 0.0343. The van der Waals surface area contributed by atoms with Crippen molar-refractivity contribution in [3.8, 4) is 0 Å². The summed E-state index contributed by atoms with van der Waals surface area (Å²) in [5.41, 5.74) is 0. The fourth-order valence-electron chi connectivity index (χ4n) is 9.85. The number of unbranched alkanes of at least 4 members (excludes halogenated alkanes) is 39. The number of hydrogen-bond donors (Lipinski definition) is 0. The predicted molar refractivity (Wildman–Crippen MR) is 303 cm³/mol. The Kier molecular flexibility index (Phi) is 53.9. The van der Waals surface area contributed by atoms with Crippen molar-refractivity contribution < 1.29 is 28.6 Å². The minimum Gasteiger partial charge on any atom is -0.462 e. The molecular weight excluding hydrogens is 865 g/mol. The molecule has 0 aromatic heterocycles. The Morgan fingerprint density at radius 2 is 0.500 bits per heavy atom. The molecule has 0 aromatic carbocycles. The van der Waals surface area contributed by atoms with Crippen LogP contribution in [0.2, 0.25) is 0 Å². The summed E-state index contributed by atoms with van der Waals surface area (Å²) in [4.78, 5) is 38.3. The molecule has 2 atom stereocenters. The van der Waals surface area contributed by atoms with Crippen LogP contribution in [0.1, 0.15) is 356 Å². The van der Waals surface area contributed by atoms with Crippen molar-refractivity contribution in [1.82, 2.24) is 0 Å². The molecule has 0 radical (unpaired) electrons. The van der Waals surface area contributed by atoms with Gasteiger partial charge in [0.2, 0.25) is 0 Å². The Balaban J connectivity index is 4.24. The van der Waals surface area contributed by atoms with Crippen molar-refractivity contribution in [3.05, 3.63) is 0 Å². The van der Waals surface area contributed by atoms with Crippen molar-refractivity contribution in [2.75, 3.05) is 13.2 Å². The van der Waals surface area contributed by atoms with E-state index in [-0.39, 0.29) is 31.1 Å². The molecule has 0 saturated carbocycles. The van der Waals surface area contributed by atoms with Crippen LogP contribution in [0.4, 0.5) is 0 Å². The van der Waals surface area contributed by atoms with Crippen LogP contribution in [0.15, 0.2) is 0 Å². The average molecular weight is 990 g/mol. The summed E-state index contributed by atoms with van der Waals surface area (Å²) < 4.78 is 16.9. The van der Waals surface area contributed by atoms with Crippen molar-refractivity contribution in [2.24, 2.45) is 17.8 Å². The van der Waals surface area contributed by atoms with Gasteiger partial charge in [0.05, 0.1) is 0 Å². The number of rotatable bonds is 57. The second kappa shape index (κ2) is 55.2. The van der Waals surface area contributed by atoms with E-state index in [1.165, 1.54) is 238 Å². The Hall–Kier alpha value is -1.59. The normalized spacial score (nSPS) is 12.5. The highest BCUT2D eigenvalue weighted by Crippen LogP contribution is 2.19. The fourth-order valence-corrected chi connectivity index (χ4v) is 9.85. The molecule has 0 aliphatic rings. The van der Waals surface area contributed by atoms with Crippen LogP contribution in [0.5, 0.6) is 0 Å². The van der Waals surface area contributed by atoms with E-state index in [2.05, 4.69) is 41.5 Å². The third-order valence-electron chi connectivity index (χ3n) is 15.0. The molecule has 0 aliphatic carbocycles. The van der Waals surface area contributed by atoms with Gasteiger partial charge in [0, 0.05) is 19.3 Å². The van der Waals surface area contributed by atoms with Crippen molar-refractivity contribution in [1.29, 1.82) is 0 Å². The summed E-state index contributed by atoms with van der Waals surface area (Å²) in [5.74, 6) is 1.72. The van der Waals surface area contributed by atoms with Gasteiger partial charge in [-0.25, -0.2) is 0 Å². The number of carbonyl (C=O) groups excluding carboxylic acids is 3. The van der Waals surface area contributed by atoms with E-state index in [0.717, 1.165) is 75.5 Å². The second-order valence-corrected chi connectivity index (χ2v) is 23.2. The molecule has 416 valence electrons. The molecule has 0 heterocycles. The maximum Gasteiger partial charge on any atom is 0.306 e. The average Bonchev–Trinajstić information content (AvgIpc) is 3.33. The number of hydrogen-bond acceptors (Lipinski definition) is 6. The van der Waals surface area contributed by atoms with Gasteiger partial charge in [-0.2, -0.15) is 0 Å². The lowest BCUT2D eigenvalue weighted by Gasteiger charge is -2.18. The molecule has 1 unspecified atom stereocenters. The van der Waals surface area contributed by atoms with Gasteiger partial charge in [-0.3, -0.25) is 14.4 Å². The molecular formula is C64H124O6. The Morgan fingerprint density at radius 3 is 0.743 bits per heavy atom. The molecule has 0 fully saturated rings. The van der Waals surface area contributed by atoms with Gasteiger partial charge in [-0.15, -0.1) is 0 Å². The lowest BCUT2D eigenvalue weighted by Crippen LogP contribution is -2.30. The van der Waals surface area contributed by atoms with Crippen LogP contribution in [-0.4, -0.2) is 37.2 Å². The second-order valence-electron chi connectivity index (χ2n) is 23.2. The lowest BCUT2D eigenvalue weighted by molar-refractivity contribution is -0.167. The third kappa shape index (κ3) is 55.7. The summed E-state index contributed by atoms with van der Waals surface area (Å²) in [5, 5.41) is 0. The summed E-state index contributed by atoms with van der Waals surface area (Å²) in [6.45, 7) is 13.8. The molecule has 0 spiro atoms. The highest BCUT2D eigenvalue weighted by Gasteiger charge is 2.19. The van der Waals surface area contributed by atoms with Crippen LogP contribution < -0.4 is 0 Å². The summed E-state index contributed by atoms with van der Waals surface area (Å²) in [6, 6.07) is 0. The highest BCUT2D eigenvalue weighted by molar-refractivity contribution is 5.71. The first kappa shape index (κ1) is 68.4. The standard InChI is InChI=1S/C64H124O6/c1-7-60(6)52-46-40-34-30-31-36-42-48-54-63(66)69-57-61(70-64(67)55-49-43-37-29-25-21-17-13-12-15-19-23-27-33-39-45-51-59(4)5)56-68-62(65)53-47-41-35-28-24-20-16-11-9-8-10-14-18-22-26-32-38-44-50-58(2)3/h58-61H,7-57H2,1-6H3/t60?,61-/m1/s1. The molecule has 6 nitrogen and oxygen atoms in total. The minimum absolute atomic E-state index is 0.0630. The maximum absolute atomic E-state index is 12.9. The number of esters is 3. The van der Waals surface area contributed by atoms with Gasteiger partial charge >= 0.3 is 17.9 Å².